The molecule has 2 N–H and O–H groups in total. The van der Waals surface area contributed by atoms with Crippen molar-refractivity contribution in [3.8, 4) is 11.5 Å². The number of phenols is 1. The van der Waals surface area contributed by atoms with Gasteiger partial charge in [0.2, 0.25) is 0 Å². The highest BCUT2D eigenvalue weighted by Crippen LogP contribution is 2.23. The number of esters is 1. The van der Waals surface area contributed by atoms with E-state index in [4.69, 9.17) is 13.9 Å². The molecular weight excluding hydrogens is 378 g/mol. The molecule has 0 saturated carbocycles. The van der Waals surface area contributed by atoms with Crippen LogP contribution in [0.2, 0.25) is 0 Å². The van der Waals surface area contributed by atoms with Crippen molar-refractivity contribution in [2.24, 2.45) is 0 Å². The van der Waals surface area contributed by atoms with Crippen molar-refractivity contribution in [1.29, 1.82) is 0 Å². The summed E-state index contributed by atoms with van der Waals surface area (Å²) < 4.78 is 15.1. The van der Waals surface area contributed by atoms with E-state index in [0.717, 1.165) is 0 Å². The fraction of sp³-hybridized carbons (Fsp3) is 0.190. The van der Waals surface area contributed by atoms with Gasteiger partial charge in [-0.3, -0.25) is 4.79 Å². The third-order valence-corrected chi connectivity index (χ3v) is 4.36. The van der Waals surface area contributed by atoms with E-state index in [1.165, 1.54) is 44.6 Å². The molecule has 0 aliphatic heterocycles. The van der Waals surface area contributed by atoms with Gasteiger partial charge in [-0.2, -0.15) is 0 Å². The van der Waals surface area contributed by atoms with E-state index in [-0.39, 0.29) is 17.7 Å². The number of aromatic hydroxyl groups is 1. The van der Waals surface area contributed by atoms with Gasteiger partial charge in [-0.1, -0.05) is 6.07 Å². The van der Waals surface area contributed by atoms with Crippen molar-refractivity contribution in [2.75, 3.05) is 14.2 Å². The lowest BCUT2D eigenvalue weighted by Gasteiger charge is -2.17. The van der Waals surface area contributed by atoms with Crippen LogP contribution in [0.1, 0.15) is 15.9 Å². The molecule has 8 heteroatoms. The first-order valence-corrected chi connectivity index (χ1v) is 8.69. The highest BCUT2D eigenvalue weighted by molar-refractivity contribution is 5.97. The molecule has 1 heterocycles. The largest absolute Gasteiger partial charge is 0.508 e. The summed E-state index contributed by atoms with van der Waals surface area (Å²) in [6.45, 7) is 0. The van der Waals surface area contributed by atoms with Crippen LogP contribution < -0.4 is 15.7 Å². The number of fused-ring (bicyclic) bond motifs is 1. The number of rotatable bonds is 6. The Bertz CT molecular complexity index is 1120. The van der Waals surface area contributed by atoms with E-state index >= 15 is 0 Å². The Morgan fingerprint density at radius 2 is 1.93 bits per heavy atom. The van der Waals surface area contributed by atoms with Crippen LogP contribution >= 0.6 is 0 Å². The van der Waals surface area contributed by atoms with Gasteiger partial charge >= 0.3 is 11.6 Å². The molecule has 0 saturated heterocycles. The van der Waals surface area contributed by atoms with Crippen LogP contribution in [-0.2, 0) is 16.0 Å². The highest BCUT2D eigenvalue weighted by Gasteiger charge is 2.24. The number of benzene rings is 2. The van der Waals surface area contributed by atoms with E-state index in [2.05, 4.69) is 5.32 Å². The van der Waals surface area contributed by atoms with Crippen LogP contribution in [0.4, 0.5) is 0 Å². The van der Waals surface area contributed by atoms with Gasteiger partial charge in [0.1, 0.15) is 23.1 Å². The fourth-order valence-corrected chi connectivity index (χ4v) is 2.95. The number of amides is 1. The second kappa shape index (κ2) is 8.47. The normalized spacial score (nSPS) is 11.7. The molecule has 1 atom stereocenters. The molecular formula is C21H19NO7. The van der Waals surface area contributed by atoms with Crippen molar-refractivity contribution in [1.82, 2.24) is 5.32 Å². The molecule has 0 spiro atoms. The van der Waals surface area contributed by atoms with Crippen molar-refractivity contribution in [3.05, 3.63) is 70.1 Å². The molecule has 0 aliphatic rings. The standard InChI is InChI=1S/C21H19NO7/c1-27-15-6-7-16-13(10-19(24)29-18(16)11-15)9-17(21(26)28-2)22-20(25)12-4-3-5-14(23)8-12/h3-8,10-11,17,23H,9H2,1-2H3,(H,22,25)/t17-/m1/s1. The summed E-state index contributed by atoms with van der Waals surface area (Å²) in [7, 11) is 2.70. The molecule has 8 nitrogen and oxygen atoms in total. The molecule has 0 fully saturated rings. The van der Waals surface area contributed by atoms with Crippen molar-refractivity contribution < 1.29 is 28.6 Å². The molecule has 0 radical (unpaired) electrons. The second-order valence-electron chi connectivity index (χ2n) is 6.26. The number of carbonyl (C=O) groups excluding carboxylic acids is 2. The molecule has 1 aromatic heterocycles. The van der Waals surface area contributed by atoms with Gasteiger partial charge < -0.3 is 24.3 Å². The van der Waals surface area contributed by atoms with E-state index in [9.17, 15) is 19.5 Å². The summed E-state index contributed by atoms with van der Waals surface area (Å²) in [5.41, 5.74) is 0.394. The molecule has 0 unspecified atom stereocenters. The van der Waals surface area contributed by atoms with Crippen LogP contribution in [0.5, 0.6) is 11.5 Å². The first kappa shape index (κ1) is 19.9. The van der Waals surface area contributed by atoms with Crippen LogP contribution in [0.3, 0.4) is 0 Å². The van der Waals surface area contributed by atoms with Crippen LogP contribution in [-0.4, -0.2) is 37.2 Å². The minimum absolute atomic E-state index is 0.00561. The Morgan fingerprint density at radius 1 is 1.14 bits per heavy atom. The predicted octanol–water partition coefficient (Wildman–Crippen LogP) is 2.02. The van der Waals surface area contributed by atoms with Gasteiger partial charge in [-0.25, -0.2) is 9.59 Å². The summed E-state index contributed by atoms with van der Waals surface area (Å²) in [5, 5.41) is 12.7. The maximum absolute atomic E-state index is 12.5. The molecule has 0 bridgehead atoms. The molecule has 2 aromatic carbocycles. The minimum atomic E-state index is -1.05. The number of hydrogen-bond acceptors (Lipinski definition) is 7. The second-order valence-corrected chi connectivity index (χ2v) is 6.26. The molecule has 3 aromatic rings. The summed E-state index contributed by atoms with van der Waals surface area (Å²) in [6, 6.07) is 10.9. The van der Waals surface area contributed by atoms with Crippen LogP contribution in [0.15, 0.2) is 57.7 Å². The summed E-state index contributed by atoms with van der Waals surface area (Å²) in [5.74, 6) is -0.800. The van der Waals surface area contributed by atoms with Gasteiger partial charge in [-0.05, 0) is 35.9 Å². The first-order valence-electron chi connectivity index (χ1n) is 8.69. The number of ether oxygens (including phenoxy) is 2. The van der Waals surface area contributed by atoms with Gasteiger partial charge in [0.15, 0.2) is 0 Å². The van der Waals surface area contributed by atoms with Crippen molar-refractivity contribution >= 4 is 22.8 Å². The van der Waals surface area contributed by atoms with E-state index in [1.54, 1.807) is 18.2 Å². The highest BCUT2D eigenvalue weighted by atomic mass is 16.5. The third-order valence-electron chi connectivity index (χ3n) is 4.36. The van der Waals surface area contributed by atoms with Gasteiger partial charge in [0.05, 0.1) is 14.2 Å². The van der Waals surface area contributed by atoms with Gasteiger partial charge in [-0.15, -0.1) is 0 Å². The fourth-order valence-electron chi connectivity index (χ4n) is 2.95. The minimum Gasteiger partial charge on any atom is -0.508 e. The Balaban J connectivity index is 1.94. The number of nitrogens with one attached hydrogen (secondary N) is 1. The number of phenolic OH excluding ortho intramolecular Hbond substituents is 1. The molecule has 3 rings (SSSR count). The van der Waals surface area contributed by atoms with Gasteiger partial charge in [0.25, 0.3) is 5.91 Å². The lowest BCUT2D eigenvalue weighted by atomic mass is 10.0. The molecule has 1 amide bonds. The number of methoxy groups -OCH3 is 2. The average molecular weight is 397 g/mol. The maximum Gasteiger partial charge on any atom is 0.336 e. The quantitative estimate of drug-likeness (QED) is 0.483. The molecule has 0 aliphatic carbocycles. The first-order chi connectivity index (χ1) is 13.9. The number of hydrogen-bond donors (Lipinski definition) is 2. The van der Waals surface area contributed by atoms with Crippen molar-refractivity contribution in [2.45, 2.75) is 12.5 Å². The maximum atomic E-state index is 12.5. The van der Waals surface area contributed by atoms with Crippen LogP contribution in [0, 0.1) is 0 Å². The summed E-state index contributed by atoms with van der Waals surface area (Å²) in [6.07, 6.45) is 0.00561. The third kappa shape index (κ3) is 4.55. The Morgan fingerprint density at radius 3 is 2.62 bits per heavy atom. The Hall–Kier alpha value is -3.81. The van der Waals surface area contributed by atoms with E-state index < -0.39 is 23.5 Å². The number of carbonyl (C=O) groups is 2. The lowest BCUT2D eigenvalue weighted by molar-refractivity contribution is -0.142. The monoisotopic (exact) mass is 397 g/mol. The summed E-state index contributed by atoms with van der Waals surface area (Å²) >= 11 is 0. The van der Waals surface area contributed by atoms with Crippen LogP contribution in [0.25, 0.3) is 11.0 Å². The van der Waals surface area contributed by atoms with Gasteiger partial charge in [0, 0.05) is 29.5 Å². The predicted molar refractivity (Wildman–Crippen MR) is 104 cm³/mol. The topological polar surface area (TPSA) is 115 Å². The molecule has 150 valence electrons. The Labute approximate surface area is 165 Å². The summed E-state index contributed by atoms with van der Waals surface area (Å²) in [4.78, 5) is 36.7. The molecule has 29 heavy (non-hydrogen) atoms. The average Bonchev–Trinajstić information content (AvgIpc) is 2.71. The van der Waals surface area contributed by atoms with E-state index in [0.29, 0.717) is 22.3 Å². The zero-order valence-electron chi connectivity index (χ0n) is 15.8. The van der Waals surface area contributed by atoms with Crippen molar-refractivity contribution in [3.63, 3.8) is 0 Å². The SMILES string of the molecule is COC(=O)[C@@H](Cc1cc(=O)oc2cc(OC)ccc12)NC(=O)c1cccc(O)c1. The Kier molecular flexibility index (Phi) is 5.82. The zero-order valence-corrected chi connectivity index (χ0v) is 15.8. The smallest absolute Gasteiger partial charge is 0.336 e. The van der Waals surface area contributed by atoms with E-state index in [1.807, 2.05) is 0 Å². The zero-order chi connectivity index (χ0) is 21.0. The lowest BCUT2D eigenvalue weighted by Crippen LogP contribution is -2.43.